The minimum atomic E-state index is -1.08. The van der Waals surface area contributed by atoms with E-state index in [1.807, 2.05) is 12.2 Å². The van der Waals surface area contributed by atoms with Crippen LogP contribution in [0, 0.1) is 10.1 Å². The van der Waals surface area contributed by atoms with E-state index < -0.39 is 41.2 Å². The molecule has 0 bridgehead atoms. The molecule has 0 N–H and O–H groups in total. The molecule has 0 radical (unpaired) electrons. The second kappa shape index (κ2) is 51.2. The van der Waals surface area contributed by atoms with Crippen molar-refractivity contribution in [1.82, 2.24) is 0 Å². The van der Waals surface area contributed by atoms with Crippen LogP contribution in [-0.2, 0) is 52.4 Å². The summed E-state index contributed by atoms with van der Waals surface area (Å²) in [6.45, 7) is 6.49. The standard InChI is InChI=1S/C62H101NO15/c1-4-7-10-13-16-17-18-19-24-31-38-54(77-62(69)78-55-45-43-53(44-46-55)63(70)71)47-48-61(68)76-56(51-74-59(66)41-34-27-22-25-32-39-57(64)72-49-36-29-20-14-11-8-5-2)52-75-60(67)42-35-28-23-26-33-40-58(65)73-50-37-30-21-15-12-9-6-3/h29-30,36-37,43-46,54,56H,4-28,31-35,38-42,47-52H2,1-3H3/b36-29-,37-30-. The van der Waals surface area contributed by atoms with E-state index in [2.05, 4.69) is 32.9 Å². The van der Waals surface area contributed by atoms with Crippen molar-refractivity contribution < 1.29 is 66.8 Å². The third-order valence-electron chi connectivity index (χ3n) is 13.2. The van der Waals surface area contributed by atoms with E-state index in [0.717, 1.165) is 89.9 Å². The first-order chi connectivity index (χ1) is 38.0. The second-order valence-corrected chi connectivity index (χ2v) is 20.4. The molecular weight excluding hydrogens is 999 g/mol. The number of carbonyl (C=O) groups is 6. The average Bonchev–Trinajstić information content (AvgIpc) is 3.42. The highest BCUT2D eigenvalue weighted by Crippen LogP contribution is 2.21. The summed E-state index contributed by atoms with van der Waals surface area (Å²) in [5.74, 6) is -2.01. The van der Waals surface area contributed by atoms with Crippen molar-refractivity contribution in [3.8, 4) is 5.75 Å². The largest absolute Gasteiger partial charge is 0.514 e. The molecule has 0 saturated heterocycles. The molecule has 0 fully saturated rings. The lowest BCUT2D eigenvalue weighted by Gasteiger charge is -2.20. The summed E-state index contributed by atoms with van der Waals surface area (Å²) in [5, 5.41) is 11.1. The molecular formula is C62H101NO15. The van der Waals surface area contributed by atoms with Gasteiger partial charge in [-0.1, -0.05) is 180 Å². The Hall–Kier alpha value is -5.28. The van der Waals surface area contributed by atoms with Gasteiger partial charge >= 0.3 is 36.0 Å². The first kappa shape index (κ1) is 70.7. The molecule has 0 spiro atoms. The minimum Gasteiger partial charge on any atom is -0.462 e. The van der Waals surface area contributed by atoms with Crippen LogP contribution in [0.5, 0.6) is 5.75 Å². The Morgan fingerprint density at radius 1 is 0.423 bits per heavy atom. The van der Waals surface area contributed by atoms with E-state index in [-0.39, 0.29) is 62.3 Å². The Kier molecular flexibility index (Phi) is 46.4. The molecule has 1 rings (SSSR count). The number of unbranched alkanes of at least 4 members (excludes halogenated alkanes) is 25. The van der Waals surface area contributed by atoms with E-state index in [0.29, 0.717) is 58.2 Å². The lowest BCUT2D eigenvalue weighted by Crippen LogP contribution is -2.31. The number of rotatable bonds is 52. The minimum absolute atomic E-state index is 0.0668. The first-order valence-corrected chi connectivity index (χ1v) is 30.2. The predicted molar refractivity (Wildman–Crippen MR) is 304 cm³/mol. The zero-order valence-corrected chi connectivity index (χ0v) is 48.3. The maximum Gasteiger partial charge on any atom is 0.514 e. The fourth-order valence-corrected chi connectivity index (χ4v) is 8.48. The molecule has 444 valence electrons. The van der Waals surface area contributed by atoms with Crippen molar-refractivity contribution in [2.45, 2.75) is 271 Å². The van der Waals surface area contributed by atoms with Crippen molar-refractivity contribution in [3.63, 3.8) is 0 Å². The molecule has 16 heteroatoms. The average molecular weight is 1100 g/mol. The Balaban J connectivity index is 2.72. The third kappa shape index (κ3) is 44.7. The highest BCUT2D eigenvalue weighted by atomic mass is 16.7. The Bertz CT molecular complexity index is 1710. The molecule has 0 aliphatic carbocycles. The summed E-state index contributed by atoms with van der Waals surface area (Å²) in [6.07, 6.45) is 36.6. The predicted octanol–water partition coefficient (Wildman–Crippen LogP) is 16.2. The lowest BCUT2D eigenvalue weighted by atomic mass is 10.0. The Morgan fingerprint density at radius 2 is 0.808 bits per heavy atom. The van der Waals surface area contributed by atoms with Crippen LogP contribution in [0.1, 0.15) is 258 Å². The normalized spacial score (nSPS) is 11.7. The van der Waals surface area contributed by atoms with Gasteiger partial charge in [0.1, 0.15) is 38.3 Å². The number of hydrogen-bond acceptors (Lipinski definition) is 15. The summed E-state index contributed by atoms with van der Waals surface area (Å²) >= 11 is 0. The zero-order valence-electron chi connectivity index (χ0n) is 48.3. The van der Waals surface area contributed by atoms with Gasteiger partial charge in [-0.25, -0.2) is 4.79 Å². The van der Waals surface area contributed by atoms with E-state index >= 15 is 0 Å². The van der Waals surface area contributed by atoms with Crippen LogP contribution in [-0.4, -0.2) is 79.6 Å². The van der Waals surface area contributed by atoms with Gasteiger partial charge in [-0.3, -0.25) is 34.1 Å². The summed E-state index contributed by atoms with van der Waals surface area (Å²) in [5.41, 5.74) is -0.159. The number of hydrogen-bond donors (Lipinski definition) is 0. The highest BCUT2D eigenvalue weighted by Gasteiger charge is 2.23. The van der Waals surface area contributed by atoms with Crippen LogP contribution in [0.25, 0.3) is 0 Å². The van der Waals surface area contributed by atoms with Gasteiger partial charge in [-0.2, -0.15) is 0 Å². The molecule has 0 aliphatic rings. The van der Waals surface area contributed by atoms with Crippen LogP contribution in [0.4, 0.5) is 10.5 Å². The van der Waals surface area contributed by atoms with Crippen LogP contribution in [0.3, 0.4) is 0 Å². The van der Waals surface area contributed by atoms with Gasteiger partial charge in [0.2, 0.25) is 0 Å². The summed E-state index contributed by atoms with van der Waals surface area (Å²) in [7, 11) is 0. The maximum absolute atomic E-state index is 13.4. The molecule has 78 heavy (non-hydrogen) atoms. The van der Waals surface area contributed by atoms with Gasteiger partial charge in [-0.15, -0.1) is 0 Å². The van der Waals surface area contributed by atoms with Crippen molar-refractivity contribution in [3.05, 3.63) is 58.7 Å². The number of nitrogens with zero attached hydrogens (tertiary/aromatic N) is 1. The van der Waals surface area contributed by atoms with E-state index in [1.54, 1.807) is 0 Å². The van der Waals surface area contributed by atoms with Crippen molar-refractivity contribution >= 4 is 41.7 Å². The lowest BCUT2D eigenvalue weighted by molar-refractivity contribution is -0.384. The summed E-state index contributed by atoms with van der Waals surface area (Å²) < 4.78 is 38.3. The number of nitro benzene ring substituents is 1. The topological polar surface area (TPSA) is 210 Å². The fraction of sp³-hybridized carbons (Fsp3) is 0.742. The quantitative estimate of drug-likeness (QED) is 0.0113. The SMILES string of the molecule is CCCCCC/C=C\COC(=O)CCCCCCCC(=O)OCC(COC(=O)CCCCCCCC(=O)OC/C=C\CCCCCC)OC(=O)CCC(CCCCCCCCCCCC)OC(=O)Oc1ccc([N+](=O)[O-])cc1. The molecule has 16 nitrogen and oxygen atoms in total. The second-order valence-electron chi connectivity index (χ2n) is 20.4. The molecule has 1 aromatic carbocycles. The summed E-state index contributed by atoms with van der Waals surface area (Å²) in [4.78, 5) is 86.7. The van der Waals surface area contributed by atoms with Gasteiger partial charge in [0.15, 0.2) is 6.10 Å². The number of ether oxygens (including phenoxy) is 7. The van der Waals surface area contributed by atoms with Crippen LogP contribution in [0.2, 0.25) is 0 Å². The molecule has 0 aliphatic heterocycles. The first-order valence-electron chi connectivity index (χ1n) is 30.2. The van der Waals surface area contributed by atoms with E-state index in [9.17, 15) is 38.9 Å². The monoisotopic (exact) mass is 1100 g/mol. The van der Waals surface area contributed by atoms with Gasteiger partial charge in [0, 0.05) is 44.2 Å². The van der Waals surface area contributed by atoms with Gasteiger partial charge in [0.05, 0.1) is 4.92 Å². The number of benzene rings is 1. The number of nitro groups is 1. The van der Waals surface area contributed by atoms with Gasteiger partial charge < -0.3 is 33.2 Å². The van der Waals surface area contributed by atoms with E-state index in [1.165, 1.54) is 101 Å². The number of carbonyl (C=O) groups excluding carboxylic acids is 6. The van der Waals surface area contributed by atoms with Crippen molar-refractivity contribution in [1.29, 1.82) is 0 Å². The molecule has 0 aromatic heterocycles. The molecule has 0 heterocycles. The van der Waals surface area contributed by atoms with Gasteiger partial charge in [0.25, 0.3) is 5.69 Å². The highest BCUT2D eigenvalue weighted by molar-refractivity contribution is 5.71. The summed E-state index contributed by atoms with van der Waals surface area (Å²) in [6, 6.07) is 5.03. The Labute approximate surface area is 468 Å². The Morgan fingerprint density at radius 3 is 1.23 bits per heavy atom. The molecule has 1 atom stereocenters. The maximum atomic E-state index is 13.4. The smallest absolute Gasteiger partial charge is 0.462 e. The molecule has 0 saturated carbocycles. The van der Waals surface area contributed by atoms with Crippen molar-refractivity contribution in [2.75, 3.05) is 26.4 Å². The van der Waals surface area contributed by atoms with Crippen molar-refractivity contribution in [2.24, 2.45) is 0 Å². The van der Waals surface area contributed by atoms with E-state index in [4.69, 9.17) is 33.2 Å². The molecule has 0 amide bonds. The molecule has 1 aromatic rings. The van der Waals surface area contributed by atoms with Crippen LogP contribution < -0.4 is 4.74 Å². The van der Waals surface area contributed by atoms with Crippen LogP contribution in [0.15, 0.2) is 48.6 Å². The fourth-order valence-electron chi connectivity index (χ4n) is 8.48. The molecule has 1 unspecified atom stereocenters. The zero-order chi connectivity index (χ0) is 56.9. The number of non-ortho nitro benzene ring substituents is 1. The van der Waals surface area contributed by atoms with Crippen LogP contribution >= 0.6 is 0 Å². The third-order valence-corrected chi connectivity index (χ3v) is 13.2. The van der Waals surface area contributed by atoms with Gasteiger partial charge in [-0.05, 0) is 82.8 Å². The number of esters is 5. The number of allylic oxidation sites excluding steroid dienone is 2.